The van der Waals surface area contributed by atoms with Crippen LogP contribution in [0.3, 0.4) is 0 Å². The lowest BCUT2D eigenvalue weighted by molar-refractivity contribution is 0.0979. The van der Waals surface area contributed by atoms with Gasteiger partial charge in [-0.1, -0.05) is 59.4 Å². The average molecular weight is 397 g/mol. The normalized spacial score (nSPS) is 10.5. The summed E-state index contributed by atoms with van der Waals surface area (Å²) in [7, 11) is 0. The van der Waals surface area contributed by atoms with E-state index < -0.39 is 6.16 Å². The van der Waals surface area contributed by atoms with Gasteiger partial charge >= 0.3 is 6.16 Å². The van der Waals surface area contributed by atoms with Crippen LogP contribution in [0, 0.1) is 6.92 Å². The van der Waals surface area contributed by atoms with E-state index in [0.29, 0.717) is 11.3 Å². The summed E-state index contributed by atoms with van der Waals surface area (Å²) in [4.78, 5) is 26.3. The topological polar surface area (TPSA) is 87.1 Å². The standard InChI is InChI=1S/C21H19NO5S/c1-14-7-9-16(10-8-14)19(24)22(11-12-23)17-13-18(15-5-3-2-4-6-15)28-20(17)27-21(25)26/h2-10,13,23H,11-12H2,1H3,(H,25,26). The Balaban J connectivity index is 2.05. The van der Waals surface area contributed by atoms with Gasteiger partial charge in [-0.15, -0.1) is 0 Å². The Hall–Kier alpha value is -3.16. The summed E-state index contributed by atoms with van der Waals surface area (Å²) in [5.74, 6) is -0.346. The minimum Gasteiger partial charge on any atom is -0.449 e. The lowest BCUT2D eigenvalue weighted by Gasteiger charge is -2.21. The zero-order valence-corrected chi connectivity index (χ0v) is 16.0. The van der Waals surface area contributed by atoms with E-state index in [4.69, 9.17) is 9.84 Å². The zero-order valence-electron chi connectivity index (χ0n) is 15.2. The molecule has 0 atom stereocenters. The molecule has 0 aliphatic carbocycles. The van der Waals surface area contributed by atoms with E-state index in [2.05, 4.69) is 0 Å². The van der Waals surface area contributed by atoms with Crippen LogP contribution >= 0.6 is 11.3 Å². The van der Waals surface area contributed by atoms with Gasteiger partial charge in [0.05, 0.1) is 12.3 Å². The molecule has 2 aromatic carbocycles. The highest BCUT2D eigenvalue weighted by Gasteiger charge is 2.25. The Morgan fingerprint density at radius 2 is 1.75 bits per heavy atom. The number of carbonyl (C=O) groups excluding carboxylic acids is 1. The van der Waals surface area contributed by atoms with Gasteiger partial charge in [0, 0.05) is 17.0 Å². The van der Waals surface area contributed by atoms with Crippen molar-refractivity contribution in [2.24, 2.45) is 0 Å². The molecule has 1 amide bonds. The van der Waals surface area contributed by atoms with Gasteiger partial charge in [0.25, 0.3) is 5.91 Å². The summed E-state index contributed by atoms with van der Waals surface area (Å²) in [5, 5.41) is 18.7. The molecular weight excluding hydrogens is 378 g/mol. The van der Waals surface area contributed by atoms with E-state index in [9.17, 15) is 14.7 Å². The van der Waals surface area contributed by atoms with Gasteiger partial charge in [-0.2, -0.15) is 0 Å². The summed E-state index contributed by atoms with van der Waals surface area (Å²) in [6, 6.07) is 18.1. The van der Waals surface area contributed by atoms with Gasteiger partial charge in [-0.05, 0) is 30.7 Å². The van der Waals surface area contributed by atoms with E-state index in [1.807, 2.05) is 49.4 Å². The number of hydrogen-bond donors (Lipinski definition) is 2. The largest absolute Gasteiger partial charge is 0.512 e. The van der Waals surface area contributed by atoms with Gasteiger partial charge in [-0.25, -0.2) is 4.79 Å². The average Bonchev–Trinajstić information content (AvgIpc) is 3.09. The van der Waals surface area contributed by atoms with E-state index in [-0.39, 0.29) is 24.1 Å². The van der Waals surface area contributed by atoms with Crippen LogP contribution in [-0.2, 0) is 0 Å². The van der Waals surface area contributed by atoms with Crippen molar-refractivity contribution in [3.8, 4) is 15.5 Å². The first-order chi connectivity index (χ1) is 13.5. The Bertz CT molecular complexity index is 966. The number of benzene rings is 2. The molecule has 144 valence electrons. The van der Waals surface area contributed by atoms with E-state index >= 15 is 0 Å². The number of aryl methyl sites for hydroxylation is 1. The van der Waals surface area contributed by atoms with Crippen molar-refractivity contribution in [3.63, 3.8) is 0 Å². The maximum Gasteiger partial charge on any atom is 0.512 e. The summed E-state index contributed by atoms with van der Waals surface area (Å²) in [5.41, 5.74) is 2.64. The molecule has 0 spiro atoms. The first kappa shape index (κ1) is 19.6. The number of nitrogens with zero attached hydrogens (tertiary/aromatic N) is 1. The number of carboxylic acid groups (broad SMARTS) is 1. The Labute approximate surface area is 166 Å². The van der Waals surface area contributed by atoms with Crippen molar-refractivity contribution < 1.29 is 24.5 Å². The molecule has 0 aliphatic rings. The number of thiophene rings is 1. The van der Waals surface area contributed by atoms with Crippen LogP contribution in [0.15, 0.2) is 60.7 Å². The Morgan fingerprint density at radius 1 is 1.07 bits per heavy atom. The minimum atomic E-state index is -1.46. The summed E-state index contributed by atoms with van der Waals surface area (Å²) < 4.78 is 4.94. The first-order valence-corrected chi connectivity index (χ1v) is 9.40. The van der Waals surface area contributed by atoms with Gasteiger partial charge in [0.1, 0.15) is 0 Å². The number of aliphatic hydroxyl groups excluding tert-OH is 1. The molecule has 6 nitrogen and oxygen atoms in total. The molecule has 1 aromatic heterocycles. The summed E-state index contributed by atoms with van der Waals surface area (Å²) in [6.07, 6.45) is -1.46. The maximum atomic E-state index is 13.0. The summed E-state index contributed by atoms with van der Waals surface area (Å²) >= 11 is 1.13. The predicted molar refractivity (Wildman–Crippen MR) is 108 cm³/mol. The van der Waals surface area contributed by atoms with Crippen molar-refractivity contribution in [2.75, 3.05) is 18.1 Å². The molecule has 2 N–H and O–H groups in total. The number of anilines is 1. The van der Waals surface area contributed by atoms with Crippen LogP contribution in [-0.4, -0.2) is 35.4 Å². The highest BCUT2D eigenvalue weighted by molar-refractivity contribution is 7.18. The van der Waals surface area contributed by atoms with Gasteiger partial charge in [-0.3, -0.25) is 4.79 Å². The Kier molecular flexibility index (Phi) is 6.08. The van der Waals surface area contributed by atoms with Crippen LogP contribution in [0.25, 0.3) is 10.4 Å². The molecule has 0 saturated heterocycles. The third kappa shape index (κ3) is 4.39. The molecular formula is C21H19NO5S. The van der Waals surface area contributed by atoms with Crippen LogP contribution in [0.2, 0.25) is 0 Å². The highest BCUT2D eigenvalue weighted by Crippen LogP contribution is 2.43. The number of rotatable bonds is 6. The van der Waals surface area contributed by atoms with Gasteiger partial charge < -0.3 is 19.8 Å². The predicted octanol–water partition coefficient (Wildman–Crippen LogP) is 4.42. The Morgan fingerprint density at radius 3 is 2.36 bits per heavy atom. The molecule has 0 fully saturated rings. The first-order valence-electron chi connectivity index (χ1n) is 8.59. The van der Waals surface area contributed by atoms with Crippen molar-refractivity contribution in [2.45, 2.75) is 6.92 Å². The second-order valence-electron chi connectivity index (χ2n) is 6.06. The van der Waals surface area contributed by atoms with E-state index in [1.165, 1.54) is 4.90 Å². The number of ether oxygens (including phenoxy) is 1. The fourth-order valence-electron chi connectivity index (χ4n) is 2.73. The molecule has 3 rings (SSSR count). The van der Waals surface area contributed by atoms with Crippen LogP contribution in [0.5, 0.6) is 5.06 Å². The van der Waals surface area contributed by atoms with Crippen LogP contribution in [0.4, 0.5) is 10.5 Å². The van der Waals surface area contributed by atoms with Crippen molar-refractivity contribution in [3.05, 3.63) is 71.8 Å². The van der Waals surface area contributed by atoms with Crippen molar-refractivity contribution in [1.82, 2.24) is 0 Å². The number of amides is 1. The molecule has 1 heterocycles. The number of aliphatic hydroxyl groups is 1. The molecule has 7 heteroatoms. The maximum absolute atomic E-state index is 13.0. The zero-order chi connectivity index (χ0) is 20.1. The van der Waals surface area contributed by atoms with Gasteiger partial charge in [0.2, 0.25) is 5.06 Å². The molecule has 3 aromatic rings. The number of hydrogen-bond acceptors (Lipinski definition) is 5. The highest BCUT2D eigenvalue weighted by atomic mass is 32.1. The lowest BCUT2D eigenvalue weighted by atomic mass is 10.1. The lowest BCUT2D eigenvalue weighted by Crippen LogP contribution is -2.33. The third-order valence-electron chi connectivity index (χ3n) is 4.08. The fourth-order valence-corrected chi connectivity index (χ4v) is 3.74. The van der Waals surface area contributed by atoms with Crippen molar-refractivity contribution >= 4 is 29.1 Å². The summed E-state index contributed by atoms with van der Waals surface area (Å²) in [6.45, 7) is 1.65. The quantitative estimate of drug-likeness (QED) is 0.601. The van der Waals surface area contributed by atoms with Crippen molar-refractivity contribution in [1.29, 1.82) is 0 Å². The minimum absolute atomic E-state index is 0.00759. The second kappa shape index (κ2) is 8.69. The SMILES string of the molecule is Cc1ccc(C(=O)N(CCO)c2cc(-c3ccccc3)sc2OC(=O)O)cc1. The molecule has 0 saturated carbocycles. The molecule has 0 unspecified atom stereocenters. The van der Waals surface area contributed by atoms with E-state index in [1.54, 1.807) is 18.2 Å². The molecule has 0 aliphatic heterocycles. The smallest absolute Gasteiger partial charge is 0.449 e. The second-order valence-corrected chi connectivity index (χ2v) is 7.08. The van der Waals surface area contributed by atoms with E-state index in [0.717, 1.165) is 27.3 Å². The van der Waals surface area contributed by atoms with Crippen LogP contribution < -0.4 is 9.64 Å². The third-order valence-corrected chi connectivity index (χ3v) is 5.13. The number of carbonyl (C=O) groups is 2. The molecule has 0 radical (unpaired) electrons. The molecule has 28 heavy (non-hydrogen) atoms. The fraction of sp³-hybridized carbons (Fsp3) is 0.143. The monoisotopic (exact) mass is 397 g/mol. The van der Waals surface area contributed by atoms with Crippen LogP contribution in [0.1, 0.15) is 15.9 Å². The van der Waals surface area contributed by atoms with Gasteiger partial charge in [0.15, 0.2) is 0 Å². The molecule has 0 bridgehead atoms.